The summed E-state index contributed by atoms with van der Waals surface area (Å²) in [5.74, 6) is 0.787. The first kappa shape index (κ1) is 15.0. The molecular weight excluding hydrogens is 252 g/mol. The normalized spacial score (nSPS) is 18.3. The molecule has 0 aliphatic heterocycles. The Morgan fingerprint density at radius 1 is 1.30 bits per heavy atom. The number of hydrogen-bond acceptors (Lipinski definition) is 4. The van der Waals surface area contributed by atoms with Crippen molar-refractivity contribution in [3.8, 4) is 5.75 Å². The summed E-state index contributed by atoms with van der Waals surface area (Å²) < 4.78 is 5.43. The maximum atomic E-state index is 12.9. The topological polar surface area (TPSA) is 65.2 Å². The fraction of sp³-hybridized carbons (Fsp3) is 0.625. The van der Waals surface area contributed by atoms with Crippen molar-refractivity contribution in [3.05, 3.63) is 24.0 Å². The molecule has 0 bridgehead atoms. The van der Waals surface area contributed by atoms with Crippen LogP contribution in [0.2, 0.25) is 0 Å². The summed E-state index contributed by atoms with van der Waals surface area (Å²) in [6.07, 6.45) is 9.62. The Balaban J connectivity index is 2.25. The molecule has 1 aliphatic carbocycles. The molecule has 2 N–H and O–H groups in total. The fourth-order valence-electron chi connectivity index (χ4n) is 3.02. The van der Waals surface area contributed by atoms with E-state index in [2.05, 4.69) is 4.98 Å². The van der Waals surface area contributed by atoms with Gasteiger partial charge in [-0.1, -0.05) is 25.7 Å². The second kappa shape index (κ2) is 6.84. The van der Waals surface area contributed by atoms with Crippen LogP contribution in [0.4, 0.5) is 0 Å². The lowest BCUT2D eigenvalue weighted by Gasteiger charge is -2.29. The van der Waals surface area contributed by atoms with Crippen LogP contribution in [0.1, 0.15) is 55.8 Å². The number of Topliss-reactive ketones (excluding diaryl/α,β-unsaturated/α-hetero) is 1. The van der Waals surface area contributed by atoms with Crippen molar-refractivity contribution in [1.29, 1.82) is 0 Å². The summed E-state index contributed by atoms with van der Waals surface area (Å²) in [5.41, 5.74) is 6.20. The van der Waals surface area contributed by atoms with Crippen LogP contribution in [0.3, 0.4) is 0 Å². The Hall–Kier alpha value is -1.42. The molecule has 0 atom stereocenters. The number of ketones is 1. The number of hydrogen-bond donors (Lipinski definition) is 1. The highest BCUT2D eigenvalue weighted by atomic mass is 16.5. The number of aromatic nitrogens is 1. The molecule has 1 aromatic heterocycles. The molecule has 4 heteroatoms. The Labute approximate surface area is 120 Å². The molecule has 0 unspecified atom stereocenters. The highest BCUT2D eigenvalue weighted by Crippen LogP contribution is 2.37. The highest BCUT2D eigenvalue weighted by molar-refractivity contribution is 6.00. The van der Waals surface area contributed by atoms with Gasteiger partial charge in [0.25, 0.3) is 0 Å². The van der Waals surface area contributed by atoms with Gasteiger partial charge in [0.15, 0.2) is 5.78 Å². The molecule has 1 fully saturated rings. The van der Waals surface area contributed by atoms with E-state index in [1.807, 2.05) is 6.92 Å². The van der Waals surface area contributed by atoms with E-state index < -0.39 is 5.41 Å². The van der Waals surface area contributed by atoms with Gasteiger partial charge in [-0.15, -0.1) is 0 Å². The number of nitrogens with zero attached hydrogens (tertiary/aromatic N) is 1. The van der Waals surface area contributed by atoms with Gasteiger partial charge >= 0.3 is 0 Å². The Morgan fingerprint density at radius 3 is 2.60 bits per heavy atom. The molecule has 1 saturated carbocycles. The molecule has 0 radical (unpaired) electrons. The summed E-state index contributed by atoms with van der Waals surface area (Å²) in [7, 11) is 0. The van der Waals surface area contributed by atoms with Crippen molar-refractivity contribution < 1.29 is 9.53 Å². The molecule has 20 heavy (non-hydrogen) atoms. The lowest BCUT2D eigenvalue weighted by atomic mass is 9.74. The molecule has 0 spiro atoms. The SMILES string of the molecule is CCOc1cncc(C(=O)C2(CN)CCCCCC2)c1. The van der Waals surface area contributed by atoms with E-state index >= 15 is 0 Å². The number of pyridine rings is 1. The van der Waals surface area contributed by atoms with Crippen LogP contribution in [0.15, 0.2) is 18.5 Å². The van der Waals surface area contributed by atoms with Crippen molar-refractivity contribution in [2.75, 3.05) is 13.2 Å². The fourth-order valence-corrected chi connectivity index (χ4v) is 3.02. The van der Waals surface area contributed by atoms with Crippen molar-refractivity contribution in [2.45, 2.75) is 45.4 Å². The minimum Gasteiger partial charge on any atom is -0.492 e. The number of carbonyl (C=O) groups is 1. The third-order valence-electron chi connectivity index (χ3n) is 4.22. The first-order valence-electron chi connectivity index (χ1n) is 7.54. The zero-order chi connectivity index (χ0) is 14.4. The lowest BCUT2D eigenvalue weighted by molar-refractivity contribution is 0.0773. The largest absolute Gasteiger partial charge is 0.492 e. The monoisotopic (exact) mass is 276 g/mol. The summed E-state index contributed by atoms with van der Waals surface area (Å²) >= 11 is 0. The van der Waals surface area contributed by atoms with E-state index in [0.717, 1.165) is 25.7 Å². The second-order valence-corrected chi connectivity index (χ2v) is 5.57. The average molecular weight is 276 g/mol. The molecular formula is C16H24N2O2. The molecule has 1 heterocycles. The van der Waals surface area contributed by atoms with Crippen LogP contribution in [0.5, 0.6) is 5.75 Å². The smallest absolute Gasteiger partial charge is 0.171 e. The molecule has 1 aromatic rings. The van der Waals surface area contributed by atoms with Crippen LogP contribution in [0, 0.1) is 5.41 Å². The predicted octanol–water partition coefficient (Wildman–Crippen LogP) is 2.96. The summed E-state index contributed by atoms with van der Waals surface area (Å²) in [6.45, 7) is 2.91. The minimum atomic E-state index is -0.400. The van der Waals surface area contributed by atoms with E-state index in [1.54, 1.807) is 18.5 Å². The number of ether oxygens (including phenoxy) is 1. The first-order valence-corrected chi connectivity index (χ1v) is 7.54. The standard InChI is InChI=1S/C16H24N2O2/c1-2-20-14-9-13(10-18-11-14)15(19)16(12-17)7-5-3-4-6-8-16/h9-11H,2-8,12,17H2,1H3. The van der Waals surface area contributed by atoms with Crippen LogP contribution in [-0.4, -0.2) is 23.9 Å². The van der Waals surface area contributed by atoms with Gasteiger partial charge in [-0.05, 0) is 25.8 Å². The summed E-state index contributed by atoms with van der Waals surface area (Å²) in [6, 6.07) is 1.79. The molecule has 1 aliphatic rings. The lowest BCUT2D eigenvalue weighted by Crippen LogP contribution is -2.38. The van der Waals surface area contributed by atoms with E-state index in [0.29, 0.717) is 24.5 Å². The van der Waals surface area contributed by atoms with Crippen LogP contribution in [0.25, 0.3) is 0 Å². The van der Waals surface area contributed by atoms with Crippen LogP contribution < -0.4 is 10.5 Å². The van der Waals surface area contributed by atoms with E-state index in [9.17, 15) is 4.79 Å². The molecule has 110 valence electrons. The van der Waals surface area contributed by atoms with Crippen molar-refractivity contribution >= 4 is 5.78 Å². The second-order valence-electron chi connectivity index (χ2n) is 5.57. The van der Waals surface area contributed by atoms with E-state index in [4.69, 9.17) is 10.5 Å². The third kappa shape index (κ3) is 3.18. The third-order valence-corrected chi connectivity index (χ3v) is 4.22. The molecule has 4 nitrogen and oxygen atoms in total. The van der Waals surface area contributed by atoms with Gasteiger partial charge in [0.05, 0.1) is 12.8 Å². The zero-order valence-electron chi connectivity index (χ0n) is 12.2. The average Bonchev–Trinajstić information content (AvgIpc) is 2.73. The molecule has 0 aromatic carbocycles. The van der Waals surface area contributed by atoms with Gasteiger partial charge in [-0.2, -0.15) is 0 Å². The summed E-state index contributed by atoms with van der Waals surface area (Å²) in [4.78, 5) is 17.0. The van der Waals surface area contributed by atoms with E-state index in [1.165, 1.54) is 12.8 Å². The number of rotatable bonds is 5. The van der Waals surface area contributed by atoms with Gasteiger partial charge < -0.3 is 10.5 Å². The van der Waals surface area contributed by atoms with Crippen LogP contribution >= 0.6 is 0 Å². The molecule has 2 rings (SSSR count). The maximum Gasteiger partial charge on any atom is 0.171 e. The summed E-state index contributed by atoms with van der Waals surface area (Å²) in [5, 5.41) is 0. The van der Waals surface area contributed by atoms with Gasteiger partial charge in [-0.3, -0.25) is 9.78 Å². The molecule has 0 saturated heterocycles. The maximum absolute atomic E-state index is 12.9. The number of carbonyl (C=O) groups excluding carboxylic acids is 1. The molecule has 0 amide bonds. The predicted molar refractivity (Wildman–Crippen MR) is 78.9 cm³/mol. The van der Waals surface area contributed by atoms with Crippen molar-refractivity contribution in [3.63, 3.8) is 0 Å². The highest BCUT2D eigenvalue weighted by Gasteiger charge is 2.37. The van der Waals surface area contributed by atoms with Gasteiger partial charge in [0.1, 0.15) is 5.75 Å². The van der Waals surface area contributed by atoms with Gasteiger partial charge in [-0.25, -0.2) is 0 Å². The van der Waals surface area contributed by atoms with Gasteiger partial charge in [0, 0.05) is 23.7 Å². The van der Waals surface area contributed by atoms with E-state index in [-0.39, 0.29) is 5.78 Å². The first-order chi connectivity index (χ1) is 9.72. The quantitative estimate of drug-likeness (QED) is 0.663. The Kier molecular flexibility index (Phi) is 5.12. The number of nitrogens with two attached hydrogens (primary N) is 1. The zero-order valence-corrected chi connectivity index (χ0v) is 12.2. The van der Waals surface area contributed by atoms with Crippen molar-refractivity contribution in [1.82, 2.24) is 4.98 Å². The van der Waals surface area contributed by atoms with Gasteiger partial charge in [0.2, 0.25) is 0 Å². The van der Waals surface area contributed by atoms with Crippen LogP contribution in [-0.2, 0) is 0 Å². The van der Waals surface area contributed by atoms with Crippen molar-refractivity contribution in [2.24, 2.45) is 11.1 Å². The minimum absolute atomic E-state index is 0.135. The Bertz CT molecular complexity index is 452. The Morgan fingerprint density at radius 2 is 2.00 bits per heavy atom.